The quantitative estimate of drug-likeness (QED) is 0.825. The van der Waals surface area contributed by atoms with Crippen LogP contribution in [0.25, 0.3) is 0 Å². The Morgan fingerprint density at radius 1 is 1.30 bits per heavy atom. The van der Waals surface area contributed by atoms with Crippen molar-refractivity contribution < 1.29 is 11.0 Å². The van der Waals surface area contributed by atoms with E-state index in [1.165, 1.54) is 0 Å². The number of ether oxygens (including phenoxy) is 1. The molecule has 0 saturated carbocycles. The van der Waals surface area contributed by atoms with E-state index < -0.39 is 0 Å². The summed E-state index contributed by atoms with van der Waals surface area (Å²) in [5.41, 5.74) is 1.05. The number of hydrogen-bond donors (Lipinski definition) is 1. The Kier molecular flexibility index (Phi) is 6.05. The molecule has 0 aromatic heterocycles. The summed E-state index contributed by atoms with van der Waals surface area (Å²) in [6, 6.07) is 9.83. The van der Waals surface area contributed by atoms with Gasteiger partial charge in [0.2, 0.25) is 0 Å². The first-order valence-corrected chi connectivity index (χ1v) is 7.34. The predicted molar refractivity (Wildman–Crippen MR) is 84.6 cm³/mol. The molecule has 1 aromatic rings. The van der Waals surface area contributed by atoms with Crippen molar-refractivity contribution in [2.24, 2.45) is 11.3 Å². The van der Waals surface area contributed by atoms with Crippen LogP contribution in [0.5, 0.6) is 0 Å². The number of nitrogens with one attached hydrogen (secondary N) is 1. The van der Waals surface area contributed by atoms with E-state index in [4.69, 9.17) is 4.74 Å². The maximum absolute atomic E-state index is 12.0. The van der Waals surface area contributed by atoms with Crippen molar-refractivity contribution in [3.05, 3.63) is 35.9 Å². The lowest BCUT2D eigenvalue weighted by atomic mass is 9.76. The minimum absolute atomic E-state index is 0. The fraction of sp³-hybridized carbons (Fsp3) is 0.588. The monoisotopic (exact) mass is 279 g/mol. The summed E-state index contributed by atoms with van der Waals surface area (Å²) in [6.07, 6.45) is 0.670. The van der Waals surface area contributed by atoms with Gasteiger partial charge in [-0.3, -0.25) is 0 Å². The first-order valence-electron chi connectivity index (χ1n) is 7.34. The summed E-state index contributed by atoms with van der Waals surface area (Å²) in [5, 5.41) is 3.02. The molecule has 1 aromatic carbocycles. The molecule has 0 heterocycles. The fourth-order valence-electron chi connectivity index (χ4n) is 2.38. The summed E-state index contributed by atoms with van der Waals surface area (Å²) in [7, 11) is 0. The predicted octanol–water partition coefficient (Wildman–Crippen LogP) is 4.62. The van der Waals surface area contributed by atoms with Crippen molar-refractivity contribution in [3.8, 4) is 0 Å². The third kappa shape index (κ3) is 4.87. The number of carbonyl (C=O) groups excluding carboxylic acids is 1. The SMILES string of the molecule is CCC(C)(C)[C@@H](NC(=O)OCc1ccccc1)C(C)C.[HH]. The molecule has 3 nitrogen and oxygen atoms in total. The zero-order valence-electron chi connectivity index (χ0n) is 13.3. The highest BCUT2D eigenvalue weighted by molar-refractivity contribution is 5.67. The van der Waals surface area contributed by atoms with E-state index in [0.717, 1.165) is 12.0 Å². The number of rotatable bonds is 6. The molecule has 0 aliphatic rings. The van der Waals surface area contributed by atoms with Crippen molar-refractivity contribution in [2.45, 2.75) is 53.7 Å². The van der Waals surface area contributed by atoms with Crippen LogP contribution in [-0.4, -0.2) is 12.1 Å². The maximum atomic E-state index is 12.0. The van der Waals surface area contributed by atoms with Crippen molar-refractivity contribution >= 4 is 6.09 Å². The van der Waals surface area contributed by atoms with Gasteiger partial charge in [-0.25, -0.2) is 4.79 Å². The fourth-order valence-corrected chi connectivity index (χ4v) is 2.38. The molecule has 0 spiro atoms. The Hall–Kier alpha value is -1.51. The van der Waals surface area contributed by atoms with Gasteiger partial charge in [-0.1, -0.05) is 65.0 Å². The second-order valence-corrected chi connectivity index (χ2v) is 6.27. The standard InChI is InChI=1S/C17H27NO2.H2/c1-6-17(4,5)15(13(2)3)18-16(19)20-12-14-10-8-7-9-11-14;/h7-11,13,15H,6,12H2,1-5H3,(H,18,19);1H/t15-;/m0./s1. The smallest absolute Gasteiger partial charge is 0.407 e. The van der Waals surface area contributed by atoms with Crippen molar-refractivity contribution in [1.82, 2.24) is 5.32 Å². The topological polar surface area (TPSA) is 38.3 Å². The molecule has 3 heteroatoms. The molecule has 0 radical (unpaired) electrons. The number of alkyl carbamates (subject to hydrolysis) is 1. The molecule has 1 N–H and O–H groups in total. The van der Waals surface area contributed by atoms with Crippen molar-refractivity contribution in [2.75, 3.05) is 0 Å². The van der Waals surface area contributed by atoms with Crippen LogP contribution >= 0.6 is 0 Å². The second kappa shape index (κ2) is 7.32. The summed E-state index contributed by atoms with van der Waals surface area (Å²) < 4.78 is 5.30. The van der Waals surface area contributed by atoms with E-state index in [9.17, 15) is 4.79 Å². The van der Waals surface area contributed by atoms with Gasteiger partial charge in [0.25, 0.3) is 0 Å². The van der Waals surface area contributed by atoms with Crippen LogP contribution in [-0.2, 0) is 11.3 Å². The van der Waals surface area contributed by atoms with Gasteiger partial charge in [-0.05, 0) is 23.3 Å². The van der Waals surface area contributed by atoms with Gasteiger partial charge < -0.3 is 10.1 Å². The molecule has 0 aliphatic heterocycles. The Bertz CT molecular complexity index is 418. The van der Waals surface area contributed by atoms with Crippen LogP contribution in [0, 0.1) is 11.3 Å². The molecule has 0 bridgehead atoms. The average molecular weight is 279 g/mol. The van der Waals surface area contributed by atoms with E-state index in [1.54, 1.807) is 0 Å². The van der Waals surface area contributed by atoms with Crippen LogP contribution in [0.1, 0.15) is 48.0 Å². The largest absolute Gasteiger partial charge is 0.445 e. The van der Waals surface area contributed by atoms with Gasteiger partial charge in [0.05, 0.1) is 0 Å². The Morgan fingerprint density at radius 3 is 2.40 bits per heavy atom. The van der Waals surface area contributed by atoms with Crippen LogP contribution < -0.4 is 5.32 Å². The average Bonchev–Trinajstić information content (AvgIpc) is 2.43. The number of hydrogen-bond acceptors (Lipinski definition) is 2. The molecule has 1 atom stereocenters. The molecular weight excluding hydrogens is 250 g/mol. The second-order valence-electron chi connectivity index (χ2n) is 6.27. The van der Waals surface area contributed by atoms with E-state index in [0.29, 0.717) is 12.5 Å². The van der Waals surface area contributed by atoms with E-state index in [1.807, 2.05) is 30.3 Å². The van der Waals surface area contributed by atoms with E-state index >= 15 is 0 Å². The van der Waals surface area contributed by atoms with Crippen molar-refractivity contribution in [1.29, 1.82) is 0 Å². The van der Waals surface area contributed by atoms with Crippen LogP contribution in [0.2, 0.25) is 0 Å². The molecule has 0 fully saturated rings. The van der Waals surface area contributed by atoms with Gasteiger partial charge in [0.1, 0.15) is 6.61 Å². The van der Waals surface area contributed by atoms with Gasteiger partial charge in [-0.2, -0.15) is 0 Å². The number of amides is 1. The van der Waals surface area contributed by atoms with Crippen LogP contribution in [0.4, 0.5) is 4.79 Å². The first kappa shape index (κ1) is 16.5. The molecular formula is C17H29NO2. The molecule has 114 valence electrons. The highest BCUT2D eigenvalue weighted by Crippen LogP contribution is 2.29. The summed E-state index contributed by atoms with van der Waals surface area (Å²) in [4.78, 5) is 12.0. The molecule has 1 rings (SSSR count). The lowest BCUT2D eigenvalue weighted by Gasteiger charge is -2.36. The summed E-state index contributed by atoms with van der Waals surface area (Å²) in [5.74, 6) is 0.370. The highest BCUT2D eigenvalue weighted by atomic mass is 16.5. The summed E-state index contributed by atoms with van der Waals surface area (Å²) in [6.45, 7) is 11.1. The van der Waals surface area contributed by atoms with Gasteiger partial charge >= 0.3 is 6.09 Å². The van der Waals surface area contributed by atoms with E-state index in [2.05, 4.69) is 39.9 Å². The van der Waals surface area contributed by atoms with Crippen LogP contribution in [0.3, 0.4) is 0 Å². The molecule has 1 amide bonds. The van der Waals surface area contributed by atoms with Gasteiger partial charge in [-0.15, -0.1) is 0 Å². The van der Waals surface area contributed by atoms with E-state index in [-0.39, 0.29) is 19.0 Å². The molecule has 0 unspecified atom stereocenters. The molecule has 20 heavy (non-hydrogen) atoms. The lowest BCUT2D eigenvalue weighted by Crippen LogP contribution is -2.48. The minimum atomic E-state index is -0.339. The first-order chi connectivity index (χ1) is 9.36. The minimum Gasteiger partial charge on any atom is -0.445 e. The Morgan fingerprint density at radius 2 is 1.90 bits per heavy atom. The normalized spacial score (nSPS) is 13.1. The van der Waals surface area contributed by atoms with Crippen molar-refractivity contribution in [3.63, 3.8) is 0 Å². The Labute approximate surface area is 124 Å². The van der Waals surface area contributed by atoms with Crippen LogP contribution in [0.15, 0.2) is 30.3 Å². The highest BCUT2D eigenvalue weighted by Gasteiger charge is 2.31. The third-order valence-electron chi connectivity index (χ3n) is 3.91. The lowest BCUT2D eigenvalue weighted by molar-refractivity contribution is 0.112. The number of carbonyl (C=O) groups is 1. The Balaban J connectivity index is 0.00000400. The van der Waals surface area contributed by atoms with Gasteiger partial charge in [0, 0.05) is 7.47 Å². The zero-order chi connectivity index (χ0) is 15.2. The molecule has 0 saturated heterocycles. The summed E-state index contributed by atoms with van der Waals surface area (Å²) >= 11 is 0. The number of benzene rings is 1. The third-order valence-corrected chi connectivity index (χ3v) is 3.91. The molecule has 0 aliphatic carbocycles. The van der Waals surface area contributed by atoms with Gasteiger partial charge in [0.15, 0.2) is 0 Å². The maximum Gasteiger partial charge on any atom is 0.407 e. The zero-order valence-corrected chi connectivity index (χ0v) is 13.3.